The lowest BCUT2D eigenvalue weighted by molar-refractivity contribution is 0.250. The fraction of sp³-hybridized carbons (Fsp3) is 0.364. The monoisotopic (exact) mass is 268 g/mol. The first-order valence-electron chi connectivity index (χ1n) is 4.94. The van der Waals surface area contributed by atoms with E-state index in [1.54, 1.807) is 12.4 Å². The first-order chi connectivity index (χ1) is 7.28. The van der Waals surface area contributed by atoms with Gasteiger partial charge in [-0.05, 0) is 28.4 Å². The molecule has 0 unspecified atom stereocenters. The number of hydrogen-bond acceptors (Lipinski definition) is 3. The molecule has 0 bridgehead atoms. The van der Waals surface area contributed by atoms with Crippen LogP contribution in [0.2, 0.25) is 0 Å². The molecule has 1 aromatic heterocycles. The van der Waals surface area contributed by atoms with Gasteiger partial charge in [0.2, 0.25) is 0 Å². The van der Waals surface area contributed by atoms with Crippen LogP contribution in [0.1, 0.15) is 6.42 Å². The van der Waals surface area contributed by atoms with Crippen LogP contribution in [0.5, 0.6) is 0 Å². The largest absolute Gasteiger partial charge is 0.396 e. The molecular weight excluding hydrogens is 256 g/mol. The number of rotatable bonds is 3. The van der Waals surface area contributed by atoms with E-state index in [0.29, 0.717) is 12.0 Å². The van der Waals surface area contributed by atoms with Crippen LogP contribution in [0, 0.1) is 5.92 Å². The Morgan fingerprint density at radius 2 is 2.33 bits per heavy atom. The molecule has 4 heteroatoms. The Hall–Kier alpha value is -0.870. The van der Waals surface area contributed by atoms with Crippen molar-refractivity contribution in [2.45, 2.75) is 12.5 Å². The average molecular weight is 269 g/mol. The van der Waals surface area contributed by atoms with Crippen LogP contribution in [0.15, 0.2) is 35.1 Å². The smallest absolute Gasteiger partial charge is 0.0542 e. The highest BCUT2D eigenvalue weighted by Crippen LogP contribution is 2.22. The summed E-state index contributed by atoms with van der Waals surface area (Å²) in [5.74, 6) is 0.294. The summed E-state index contributed by atoms with van der Waals surface area (Å²) in [6.45, 7) is 0.228. The maximum Gasteiger partial charge on any atom is 0.0542 e. The topological polar surface area (TPSA) is 45.1 Å². The van der Waals surface area contributed by atoms with Crippen LogP contribution in [-0.4, -0.2) is 22.7 Å². The van der Waals surface area contributed by atoms with Gasteiger partial charge in [0.15, 0.2) is 0 Å². The summed E-state index contributed by atoms with van der Waals surface area (Å²) >= 11 is 3.38. The predicted molar refractivity (Wildman–Crippen MR) is 63.7 cm³/mol. The van der Waals surface area contributed by atoms with Crippen molar-refractivity contribution in [3.05, 3.63) is 35.1 Å². The molecule has 80 valence electrons. The second kappa shape index (κ2) is 4.77. The van der Waals surface area contributed by atoms with Crippen molar-refractivity contribution in [1.29, 1.82) is 0 Å². The Kier molecular flexibility index (Phi) is 3.38. The lowest BCUT2D eigenvalue weighted by Crippen LogP contribution is -2.16. The van der Waals surface area contributed by atoms with Gasteiger partial charge in [0, 0.05) is 29.2 Å². The molecule has 0 aliphatic heterocycles. The number of halogens is 1. The standard InChI is InChI=1S/C11H13BrN2O/c12-9-4-11(6-13-5-9)14-10-2-1-8(3-10)7-15/h1-2,4-6,8,10,14-15H,3,7H2/t8-,10+/m0/s1. The minimum absolute atomic E-state index is 0.228. The maximum absolute atomic E-state index is 9.00. The molecule has 0 spiro atoms. The zero-order valence-corrected chi connectivity index (χ0v) is 9.81. The molecular formula is C11H13BrN2O. The van der Waals surface area contributed by atoms with Crippen LogP contribution >= 0.6 is 15.9 Å². The fourth-order valence-electron chi connectivity index (χ4n) is 1.72. The minimum Gasteiger partial charge on any atom is -0.396 e. The highest BCUT2D eigenvalue weighted by molar-refractivity contribution is 9.10. The van der Waals surface area contributed by atoms with Crippen LogP contribution in [-0.2, 0) is 0 Å². The molecule has 1 heterocycles. The first-order valence-corrected chi connectivity index (χ1v) is 5.73. The molecule has 15 heavy (non-hydrogen) atoms. The van der Waals surface area contributed by atoms with E-state index in [1.165, 1.54) is 0 Å². The molecule has 2 N–H and O–H groups in total. The van der Waals surface area contributed by atoms with Gasteiger partial charge >= 0.3 is 0 Å². The lowest BCUT2D eigenvalue weighted by atomic mass is 10.1. The fourth-order valence-corrected chi connectivity index (χ4v) is 2.09. The lowest BCUT2D eigenvalue weighted by Gasteiger charge is -2.13. The predicted octanol–water partition coefficient (Wildman–Crippen LogP) is 2.19. The molecule has 0 fully saturated rings. The van der Waals surface area contributed by atoms with Crippen LogP contribution < -0.4 is 5.32 Å². The van der Waals surface area contributed by atoms with Crippen LogP contribution in [0.4, 0.5) is 5.69 Å². The molecule has 2 atom stereocenters. The highest BCUT2D eigenvalue weighted by atomic mass is 79.9. The Balaban J connectivity index is 1.96. The zero-order chi connectivity index (χ0) is 10.7. The van der Waals surface area contributed by atoms with Crippen molar-refractivity contribution >= 4 is 21.6 Å². The first kappa shape index (κ1) is 10.6. The van der Waals surface area contributed by atoms with E-state index in [1.807, 2.05) is 6.07 Å². The van der Waals surface area contributed by atoms with E-state index in [-0.39, 0.29) is 6.61 Å². The van der Waals surface area contributed by atoms with Gasteiger partial charge in [-0.2, -0.15) is 0 Å². The van der Waals surface area contributed by atoms with E-state index in [0.717, 1.165) is 16.6 Å². The molecule has 0 amide bonds. The Bertz CT molecular complexity index is 367. The molecule has 1 aromatic rings. The number of anilines is 1. The van der Waals surface area contributed by atoms with Gasteiger partial charge in [-0.3, -0.25) is 4.98 Å². The van der Waals surface area contributed by atoms with Crippen molar-refractivity contribution < 1.29 is 5.11 Å². The van der Waals surface area contributed by atoms with Gasteiger partial charge in [0.1, 0.15) is 0 Å². The number of aliphatic hydroxyl groups is 1. The van der Waals surface area contributed by atoms with Gasteiger partial charge in [-0.15, -0.1) is 0 Å². The summed E-state index contributed by atoms with van der Waals surface area (Å²) < 4.78 is 0.966. The molecule has 0 saturated carbocycles. The van der Waals surface area contributed by atoms with Crippen molar-refractivity contribution in [1.82, 2.24) is 4.98 Å². The van der Waals surface area contributed by atoms with Crippen LogP contribution in [0.3, 0.4) is 0 Å². The van der Waals surface area contributed by atoms with Crippen LogP contribution in [0.25, 0.3) is 0 Å². The number of aromatic nitrogens is 1. The second-order valence-electron chi connectivity index (χ2n) is 3.71. The van der Waals surface area contributed by atoms with E-state index >= 15 is 0 Å². The minimum atomic E-state index is 0.228. The average Bonchev–Trinajstić information content (AvgIpc) is 2.65. The molecule has 0 radical (unpaired) electrons. The highest BCUT2D eigenvalue weighted by Gasteiger charge is 2.17. The van der Waals surface area contributed by atoms with Gasteiger partial charge in [0.25, 0.3) is 0 Å². The summed E-state index contributed by atoms with van der Waals surface area (Å²) in [6.07, 6.45) is 8.66. The third kappa shape index (κ3) is 2.79. The molecule has 1 aliphatic rings. The second-order valence-corrected chi connectivity index (χ2v) is 4.62. The summed E-state index contributed by atoms with van der Waals surface area (Å²) in [5.41, 5.74) is 0.998. The quantitative estimate of drug-likeness (QED) is 0.827. The van der Waals surface area contributed by atoms with Crippen molar-refractivity contribution in [3.63, 3.8) is 0 Å². The third-order valence-corrected chi connectivity index (χ3v) is 2.90. The number of hydrogen-bond donors (Lipinski definition) is 2. The van der Waals surface area contributed by atoms with Crippen molar-refractivity contribution in [2.75, 3.05) is 11.9 Å². The van der Waals surface area contributed by atoms with E-state index in [9.17, 15) is 0 Å². The van der Waals surface area contributed by atoms with Crippen molar-refractivity contribution in [2.24, 2.45) is 5.92 Å². The van der Waals surface area contributed by atoms with Gasteiger partial charge in [0.05, 0.1) is 11.9 Å². The SMILES string of the molecule is OC[C@H]1C=C[C@@H](Nc2cncc(Br)c2)C1. The van der Waals surface area contributed by atoms with E-state index in [2.05, 4.69) is 38.4 Å². The molecule has 2 rings (SSSR count). The van der Waals surface area contributed by atoms with Gasteiger partial charge < -0.3 is 10.4 Å². The summed E-state index contributed by atoms with van der Waals surface area (Å²) in [5, 5.41) is 12.4. The number of pyridine rings is 1. The van der Waals surface area contributed by atoms with Gasteiger partial charge in [-0.25, -0.2) is 0 Å². The van der Waals surface area contributed by atoms with Gasteiger partial charge in [-0.1, -0.05) is 12.2 Å². The Morgan fingerprint density at radius 1 is 1.47 bits per heavy atom. The molecule has 0 saturated heterocycles. The van der Waals surface area contributed by atoms with E-state index in [4.69, 9.17) is 5.11 Å². The molecule has 1 aliphatic carbocycles. The number of nitrogens with zero attached hydrogens (tertiary/aromatic N) is 1. The Labute approximate surface area is 97.4 Å². The third-order valence-electron chi connectivity index (χ3n) is 2.46. The normalized spacial score (nSPS) is 24.4. The molecule has 3 nitrogen and oxygen atoms in total. The summed E-state index contributed by atoms with van der Waals surface area (Å²) in [7, 11) is 0. The zero-order valence-electron chi connectivity index (χ0n) is 8.23. The number of nitrogens with one attached hydrogen (secondary N) is 1. The summed E-state index contributed by atoms with van der Waals surface area (Å²) in [4.78, 5) is 4.08. The van der Waals surface area contributed by atoms with Crippen molar-refractivity contribution in [3.8, 4) is 0 Å². The summed E-state index contributed by atoms with van der Waals surface area (Å²) in [6, 6.07) is 2.30. The number of aliphatic hydroxyl groups excluding tert-OH is 1. The maximum atomic E-state index is 9.00. The Morgan fingerprint density at radius 3 is 3.00 bits per heavy atom. The molecule has 0 aromatic carbocycles. The van der Waals surface area contributed by atoms with E-state index < -0.39 is 0 Å².